The Morgan fingerprint density at radius 1 is 1.20 bits per heavy atom. The number of hydrogen-bond donors (Lipinski definition) is 2. The smallest absolute Gasteiger partial charge is 0.142 e. The zero-order chi connectivity index (χ0) is 18.2. The topological polar surface area (TPSA) is 41.1 Å². The van der Waals surface area contributed by atoms with Crippen LogP contribution in [0.3, 0.4) is 0 Å². The van der Waals surface area contributed by atoms with Crippen molar-refractivity contribution in [2.45, 2.75) is 11.3 Å². The minimum atomic E-state index is -1.02. The van der Waals surface area contributed by atoms with E-state index in [1.807, 2.05) is 0 Å². The Labute approximate surface area is 154 Å². The maximum Gasteiger partial charge on any atom is 0.142 e. The van der Waals surface area contributed by atoms with Crippen LogP contribution >= 0.6 is 23.2 Å². The highest BCUT2D eigenvalue weighted by Crippen LogP contribution is 2.45. The highest BCUT2D eigenvalue weighted by atomic mass is 35.5. The van der Waals surface area contributed by atoms with E-state index in [1.165, 1.54) is 24.3 Å². The molecule has 3 rings (SSSR count). The van der Waals surface area contributed by atoms with Crippen LogP contribution in [-0.2, 0) is 10.2 Å². The van der Waals surface area contributed by atoms with Gasteiger partial charge in [0.2, 0.25) is 0 Å². The number of carbonyl (C=O) groups is 1. The van der Waals surface area contributed by atoms with Crippen LogP contribution in [0.1, 0.15) is 17.0 Å². The van der Waals surface area contributed by atoms with Gasteiger partial charge in [0.15, 0.2) is 0 Å². The van der Waals surface area contributed by atoms with Crippen molar-refractivity contribution < 1.29 is 13.6 Å². The Morgan fingerprint density at radius 2 is 1.92 bits per heavy atom. The Hall–Kier alpha value is -1.69. The Balaban J connectivity index is 2.18. The zero-order valence-electron chi connectivity index (χ0n) is 13.4. The first-order valence-electron chi connectivity index (χ1n) is 7.72. The summed E-state index contributed by atoms with van der Waals surface area (Å²) in [6, 6.07) is 7.13. The van der Waals surface area contributed by atoms with Gasteiger partial charge in [0, 0.05) is 31.7 Å². The molecule has 1 heterocycles. The second-order valence-electron chi connectivity index (χ2n) is 6.08. The standard InChI is InChI=1S/C18H16Cl2F2N2O/c1-23-17-6-14(20)16(22)5-11(17)18(9-25)8-24-7-12(18)10-2-3-15(21)13(19)4-10/h2-6,9,12,23-24H,7-8H2,1H3/t12-,18-/m1/s1. The van der Waals surface area contributed by atoms with Crippen LogP contribution in [-0.4, -0.2) is 26.4 Å². The molecule has 7 heteroatoms. The van der Waals surface area contributed by atoms with Crippen molar-refractivity contribution in [3.8, 4) is 0 Å². The summed E-state index contributed by atoms with van der Waals surface area (Å²) in [5.41, 5.74) is 0.758. The van der Waals surface area contributed by atoms with Crippen molar-refractivity contribution in [1.82, 2.24) is 5.32 Å². The van der Waals surface area contributed by atoms with E-state index in [0.717, 1.165) is 6.29 Å². The second-order valence-corrected chi connectivity index (χ2v) is 6.89. The molecule has 2 atom stereocenters. The molecule has 2 aromatic carbocycles. The summed E-state index contributed by atoms with van der Waals surface area (Å²) in [6.07, 6.45) is 0.818. The van der Waals surface area contributed by atoms with Gasteiger partial charge in [-0.05, 0) is 35.4 Å². The maximum atomic E-state index is 14.1. The van der Waals surface area contributed by atoms with Gasteiger partial charge in [0.1, 0.15) is 17.9 Å². The predicted molar refractivity (Wildman–Crippen MR) is 95.7 cm³/mol. The van der Waals surface area contributed by atoms with Gasteiger partial charge in [-0.1, -0.05) is 29.3 Å². The van der Waals surface area contributed by atoms with E-state index >= 15 is 0 Å². The number of nitrogens with one attached hydrogen (secondary N) is 2. The number of carbonyl (C=O) groups excluding carboxylic acids is 1. The van der Waals surface area contributed by atoms with Gasteiger partial charge in [-0.15, -0.1) is 0 Å². The van der Waals surface area contributed by atoms with Crippen LogP contribution < -0.4 is 10.6 Å². The van der Waals surface area contributed by atoms with Gasteiger partial charge in [0.05, 0.1) is 15.5 Å². The summed E-state index contributed by atoms with van der Waals surface area (Å²) < 4.78 is 27.6. The number of rotatable bonds is 4. The molecule has 25 heavy (non-hydrogen) atoms. The average Bonchev–Trinajstić information content (AvgIpc) is 3.04. The molecule has 132 valence electrons. The van der Waals surface area contributed by atoms with Crippen LogP contribution in [0, 0.1) is 11.6 Å². The third-order valence-electron chi connectivity index (χ3n) is 4.78. The molecule has 1 aliphatic heterocycles. The lowest BCUT2D eigenvalue weighted by Gasteiger charge is -2.32. The maximum absolute atomic E-state index is 14.1. The lowest BCUT2D eigenvalue weighted by Crippen LogP contribution is -2.36. The van der Waals surface area contributed by atoms with Gasteiger partial charge in [-0.3, -0.25) is 0 Å². The lowest BCUT2D eigenvalue weighted by atomic mass is 9.70. The molecule has 1 fully saturated rings. The van der Waals surface area contributed by atoms with E-state index in [9.17, 15) is 13.6 Å². The fourth-order valence-corrected chi connectivity index (χ4v) is 3.83. The molecule has 1 saturated heterocycles. The van der Waals surface area contributed by atoms with Crippen LogP contribution in [0.15, 0.2) is 30.3 Å². The predicted octanol–water partition coefficient (Wildman–Crippen LogP) is 4.14. The third-order valence-corrected chi connectivity index (χ3v) is 5.35. The summed E-state index contributed by atoms with van der Waals surface area (Å²) >= 11 is 11.8. The molecule has 0 aliphatic carbocycles. The third kappa shape index (κ3) is 3.01. The largest absolute Gasteiger partial charge is 0.388 e. The van der Waals surface area contributed by atoms with Crippen LogP contribution in [0.2, 0.25) is 10.0 Å². The monoisotopic (exact) mass is 384 g/mol. The normalized spacial score (nSPS) is 22.8. The van der Waals surface area contributed by atoms with Crippen molar-refractivity contribution in [3.63, 3.8) is 0 Å². The summed E-state index contributed by atoms with van der Waals surface area (Å²) in [5.74, 6) is -1.45. The van der Waals surface area contributed by atoms with Gasteiger partial charge in [0.25, 0.3) is 0 Å². The summed E-state index contributed by atoms with van der Waals surface area (Å²) in [7, 11) is 1.68. The number of aldehydes is 1. The second kappa shape index (κ2) is 6.90. The molecule has 0 radical (unpaired) electrons. The SMILES string of the molecule is CNc1cc(Cl)c(F)cc1[C@]1(C=O)CNC[C@@H]1c1ccc(F)c(Cl)c1. The van der Waals surface area contributed by atoms with Crippen molar-refractivity contribution in [1.29, 1.82) is 0 Å². The van der Waals surface area contributed by atoms with E-state index in [1.54, 1.807) is 13.1 Å². The van der Waals surface area contributed by atoms with E-state index < -0.39 is 17.0 Å². The Bertz CT molecular complexity index is 831. The summed E-state index contributed by atoms with van der Waals surface area (Å²) in [5, 5.41) is 6.11. The van der Waals surface area contributed by atoms with Crippen molar-refractivity contribution in [2.75, 3.05) is 25.5 Å². The molecule has 0 bridgehead atoms. The fourth-order valence-electron chi connectivity index (χ4n) is 3.48. The minimum Gasteiger partial charge on any atom is -0.388 e. The molecule has 2 aromatic rings. The molecule has 3 nitrogen and oxygen atoms in total. The number of anilines is 1. The lowest BCUT2D eigenvalue weighted by molar-refractivity contribution is -0.112. The summed E-state index contributed by atoms with van der Waals surface area (Å²) in [4.78, 5) is 12.2. The van der Waals surface area contributed by atoms with Crippen molar-refractivity contribution in [3.05, 3.63) is 63.1 Å². The first-order valence-corrected chi connectivity index (χ1v) is 8.48. The number of halogens is 4. The van der Waals surface area contributed by atoms with Gasteiger partial charge < -0.3 is 15.4 Å². The molecule has 1 aliphatic rings. The Morgan fingerprint density at radius 3 is 2.56 bits per heavy atom. The first-order chi connectivity index (χ1) is 11.9. The number of hydrogen-bond acceptors (Lipinski definition) is 3. The van der Waals surface area contributed by atoms with Crippen LogP contribution in [0.25, 0.3) is 0 Å². The van der Waals surface area contributed by atoms with Crippen molar-refractivity contribution >= 4 is 35.2 Å². The Kier molecular flexibility index (Phi) is 5.00. The van der Waals surface area contributed by atoms with E-state index in [2.05, 4.69) is 10.6 Å². The average molecular weight is 385 g/mol. The molecule has 0 amide bonds. The minimum absolute atomic E-state index is 0.0136. The van der Waals surface area contributed by atoms with E-state index in [0.29, 0.717) is 29.9 Å². The van der Waals surface area contributed by atoms with Gasteiger partial charge >= 0.3 is 0 Å². The fraction of sp³-hybridized carbons (Fsp3) is 0.278. The molecular weight excluding hydrogens is 369 g/mol. The molecule has 0 saturated carbocycles. The summed E-state index contributed by atoms with van der Waals surface area (Å²) in [6.45, 7) is 0.806. The molecule has 0 spiro atoms. The molecule has 0 aromatic heterocycles. The van der Waals surface area contributed by atoms with Crippen molar-refractivity contribution in [2.24, 2.45) is 0 Å². The first kappa shape index (κ1) is 18.1. The highest BCUT2D eigenvalue weighted by Gasteiger charge is 2.47. The molecule has 0 unspecified atom stereocenters. The highest BCUT2D eigenvalue weighted by molar-refractivity contribution is 6.31. The molecular formula is C18H16Cl2F2N2O. The van der Waals surface area contributed by atoms with Crippen LogP contribution in [0.4, 0.5) is 14.5 Å². The van der Waals surface area contributed by atoms with E-state index in [4.69, 9.17) is 23.2 Å². The number of benzene rings is 2. The van der Waals surface area contributed by atoms with Gasteiger partial charge in [-0.25, -0.2) is 8.78 Å². The van der Waals surface area contributed by atoms with Crippen LogP contribution in [0.5, 0.6) is 0 Å². The molecule has 2 N–H and O–H groups in total. The van der Waals surface area contributed by atoms with Gasteiger partial charge in [-0.2, -0.15) is 0 Å². The van der Waals surface area contributed by atoms with E-state index in [-0.39, 0.29) is 16.0 Å². The quantitative estimate of drug-likeness (QED) is 0.778. The zero-order valence-corrected chi connectivity index (χ0v) is 14.9.